The Morgan fingerprint density at radius 2 is 1.96 bits per heavy atom. The van der Waals surface area contributed by atoms with Gasteiger partial charge in [-0.1, -0.05) is 23.2 Å². The molecule has 0 aliphatic rings. The van der Waals surface area contributed by atoms with E-state index in [-0.39, 0.29) is 18.0 Å². The van der Waals surface area contributed by atoms with E-state index in [2.05, 4.69) is 5.32 Å². The molecule has 0 bridgehead atoms. The highest BCUT2D eigenvalue weighted by atomic mass is 35.5. The minimum atomic E-state index is -0.217. The molecule has 1 amide bonds. The first-order valence-electron chi connectivity index (χ1n) is 7.06. The van der Waals surface area contributed by atoms with Crippen LogP contribution in [-0.2, 0) is 11.2 Å². The Balaban J connectivity index is 1.78. The number of carbonyl (C=O) groups excluding carboxylic acids is 1. The van der Waals surface area contributed by atoms with Crippen molar-refractivity contribution in [1.29, 1.82) is 0 Å². The third-order valence-corrected chi connectivity index (χ3v) is 4.20. The summed E-state index contributed by atoms with van der Waals surface area (Å²) in [5, 5.41) is 4.19. The molecular weight excluding hydrogens is 351 g/mol. The summed E-state index contributed by atoms with van der Waals surface area (Å²) in [7, 11) is 1.58. The second-order valence-electron chi connectivity index (χ2n) is 5.20. The van der Waals surface area contributed by atoms with Gasteiger partial charge in [-0.15, -0.1) is 0 Å². The highest BCUT2D eigenvalue weighted by Gasteiger charge is 2.13. The van der Waals surface area contributed by atoms with E-state index >= 15 is 0 Å². The van der Waals surface area contributed by atoms with Crippen LogP contribution < -0.4 is 15.8 Å². The number of rotatable bonds is 4. The number of ether oxygens (including phenoxy) is 1. The van der Waals surface area contributed by atoms with Crippen LogP contribution in [0.2, 0.25) is 10.0 Å². The standard InChI is InChI=1S/C17H14Cl2N2O3/c1-23-11-2-3-12-9(8-24-15(12)7-11)4-16(22)21-10-5-13(18)17(20)14(19)6-10/h2-3,5-8H,4,20H2,1H3,(H,21,22). The summed E-state index contributed by atoms with van der Waals surface area (Å²) >= 11 is 11.9. The fraction of sp³-hybridized carbons (Fsp3) is 0.118. The third-order valence-electron chi connectivity index (χ3n) is 3.58. The number of benzene rings is 2. The van der Waals surface area contributed by atoms with Crippen molar-refractivity contribution in [2.45, 2.75) is 6.42 Å². The molecular formula is C17H14Cl2N2O3. The maximum absolute atomic E-state index is 12.3. The summed E-state index contributed by atoms with van der Waals surface area (Å²) in [5.74, 6) is 0.476. The van der Waals surface area contributed by atoms with Crippen LogP contribution in [0.25, 0.3) is 11.0 Å². The average Bonchev–Trinajstić information content (AvgIpc) is 2.94. The number of anilines is 2. The molecule has 124 valence electrons. The molecule has 0 spiro atoms. The van der Waals surface area contributed by atoms with Crippen molar-refractivity contribution < 1.29 is 13.9 Å². The maximum atomic E-state index is 12.3. The summed E-state index contributed by atoms with van der Waals surface area (Å²) in [6.07, 6.45) is 1.71. The van der Waals surface area contributed by atoms with Crippen molar-refractivity contribution in [2.75, 3.05) is 18.2 Å². The van der Waals surface area contributed by atoms with E-state index in [0.29, 0.717) is 27.1 Å². The summed E-state index contributed by atoms with van der Waals surface area (Å²) in [6, 6.07) is 8.56. The van der Waals surface area contributed by atoms with Gasteiger partial charge in [0.05, 0.1) is 35.5 Å². The molecule has 3 N–H and O–H groups in total. The minimum Gasteiger partial charge on any atom is -0.497 e. The van der Waals surface area contributed by atoms with E-state index in [1.54, 1.807) is 31.6 Å². The summed E-state index contributed by atoms with van der Waals surface area (Å²) < 4.78 is 10.6. The smallest absolute Gasteiger partial charge is 0.228 e. The minimum absolute atomic E-state index is 0.152. The predicted molar refractivity (Wildman–Crippen MR) is 96.0 cm³/mol. The number of carbonyl (C=O) groups is 1. The molecule has 0 unspecified atom stereocenters. The van der Waals surface area contributed by atoms with Crippen LogP contribution in [0, 0.1) is 0 Å². The van der Waals surface area contributed by atoms with Gasteiger partial charge in [-0.05, 0) is 24.3 Å². The highest BCUT2D eigenvalue weighted by molar-refractivity contribution is 6.39. The monoisotopic (exact) mass is 364 g/mol. The number of amides is 1. The van der Waals surface area contributed by atoms with E-state index in [1.807, 2.05) is 12.1 Å². The molecule has 0 aliphatic carbocycles. The van der Waals surface area contributed by atoms with Crippen molar-refractivity contribution in [3.63, 3.8) is 0 Å². The number of hydrogen-bond donors (Lipinski definition) is 2. The molecule has 0 saturated heterocycles. The Labute approximate surface area is 148 Å². The Kier molecular flexibility index (Phi) is 4.55. The Morgan fingerprint density at radius 1 is 1.25 bits per heavy atom. The number of nitrogens with two attached hydrogens (primary N) is 1. The molecule has 3 rings (SSSR count). The zero-order valence-corrected chi connectivity index (χ0v) is 14.2. The first-order chi connectivity index (χ1) is 11.5. The van der Waals surface area contributed by atoms with Crippen LogP contribution in [0.4, 0.5) is 11.4 Å². The zero-order valence-electron chi connectivity index (χ0n) is 12.7. The topological polar surface area (TPSA) is 77.5 Å². The van der Waals surface area contributed by atoms with Gasteiger partial charge >= 0.3 is 0 Å². The van der Waals surface area contributed by atoms with Crippen molar-refractivity contribution in [1.82, 2.24) is 0 Å². The molecule has 5 nitrogen and oxygen atoms in total. The van der Waals surface area contributed by atoms with Gasteiger partial charge in [0.1, 0.15) is 11.3 Å². The second kappa shape index (κ2) is 6.63. The summed E-state index contributed by atoms with van der Waals surface area (Å²) in [6.45, 7) is 0. The number of methoxy groups -OCH3 is 1. The van der Waals surface area contributed by atoms with Crippen LogP contribution in [0.15, 0.2) is 41.0 Å². The first kappa shape index (κ1) is 16.5. The Bertz CT molecular complexity index is 898. The lowest BCUT2D eigenvalue weighted by atomic mass is 10.1. The van der Waals surface area contributed by atoms with Crippen molar-refractivity contribution in [2.24, 2.45) is 0 Å². The maximum Gasteiger partial charge on any atom is 0.228 e. The van der Waals surface area contributed by atoms with Gasteiger partial charge in [-0.3, -0.25) is 4.79 Å². The number of halogens is 2. The van der Waals surface area contributed by atoms with E-state index in [1.165, 1.54) is 0 Å². The van der Waals surface area contributed by atoms with Crippen LogP contribution in [0.5, 0.6) is 5.75 Å². The first-order valence-corrected chi connectivity index (χ1v) is 7.82. The number of nitrogen functional groups attached to an aromatic ring is 1. The molecule has 0 atom stereocenters. The quantitative estimate of drug-likeness (QED) is 0.667. The molecule has 0 radical (unpaired) electrons. The van der Waals surface area contributed by atoms with Crippen LogP contribution in [0.1, 0.15) is 5.56 Å². The van der Waals surface area contributed by atoms with Gasteiger partial charge < -0.3 is 20.2 Å². The van der Waals surface area contributed by atoms with Gasteiger partial charge in [-0.25, -0.2) is 0 Å². The number of nitrogens with one attached hydrogen (secondary N) is 1. The highest BCUT2D eigenvalue weighted by Crippen LogP contribution is 2.31. The van der Waals surface area contributed by atoms with Crippen molar-refractivity contribution in [3.8, 4) is 5.75 Å². The Morgan fingerprint density at radius 3 is 2.62 bits per heavy atom. The van der Waals surface area contributed by atoms with Crippen LogP contribution in [-0.4, -0.2) is 13.0 Å². The molecule has 24 heavy (non-hydrogen) atoms. The normalized spacial score (nSPS) is 10.8. The average molecular weight is 365 g/mol. The molecule has 3 aromatic rings. The fourth-order valence-electron chi connectivity index (χ4n) is 2.36. The summed E-state index contributed by atoms with van der Waals surface area (Å²) in [4.78, 5) is 12.3. The lowest BCUT2D eigenvalue weighted by molar-refractivity contribution is -0.115. The molecule has 0 aliphatic heterocycles. The van der Waals surface area contributed by atoms with E-state index in [0.717, 1.165) is 10.9 Å². The van der Waals surface area contributed by atoms with Gasteiger partial charge in [0.15, 0.2) is 0 Å². The molecule has 1 heterocycles. The van der Waals surface area contributed by atoms with E-state index in [4.69, 9.17) is 38.1 Å². The molecule has 0 saturated carbocycles. The van der Waals surface area contributed by atoms with E-state index in [9.17, 15) is 4.79 Å². The number of fused-ring (bicyclic) bond motifs is 1. The fourth-order valence-corrected chi connectivity index (χ4v) is 2.85. The third kappa shape index (κ3) is 3.27. The van der Waals surface area contributed by atoms with Gasteiger partial charge in [0.2, 0.25) is 5.91 Å². The van der Waals surface area contributed by atoms with Crippen LogP contribution >= 0.6 is 23.2 Å². The number of hydrogen-bond acceptors (Lipinski definition) is 4. The predicted octanol–water partition coefficient (Wildman–Crippen LogP) is 4.51. The largest absolute Gasteiger partial charge is 0.497 e. The van der Waals surface area contributed by atoms with Gasteiger partial charge in [-0.2, -0.15) is 0 Å². The second-order valence-corrected chi connectivity index (χ2v) is 6.02. The van der Waals surface area contributed by atoms with Crippen molar-refractivity contribution in [3.05, 3.63) is 52.2 Å². The molecule has 2 aromatic carbocycles. The molecule has 1 aromatic heterocycles. The molecule has 7 heteroatoms. The van der Waals surface area contributed by atoms with Gasteiger partial charge in [0, 0.05) is 22.7 Å². The lowest BCUT2D eigenvalue weighted by Crippen LogP contribution is -2.14. The zero-order chi connectivity index (χ0) is 17.3. The summed E-state index contributed by atoms with van der Waals surface area (Å²) in [5.41, 5.74) is 7.88. The molecule has 0 fully saturated rings. The van der Waals surface area contributed by atoms with Gasteiger partial charge in [0.25, 0.3) is 0 Å². The Hall–Kier alpha value is -2.37. The van der Waals surface area contributed by atoms with E-state index < -0.39 is 0 Å². The van der Waals surface area contributed by atoms with Crippen LogP contribution in [0.3, 0.4) is 0 Å². The van der Waals surface area contributed by atoms with Crippen molar-refractivity contribution >= 4 is 51.5 Å². The lowest BCUT2D eigenvalue weighted by Gasteiger charge is -2.08. The SMILES string of the molecule is COc1ccc2c(CC(=O)Nc3cc(Cl)c(N)c(Cl)c3)coc2c1. The number of furan rings is 1.